The van der Waals surface area contributed by atoms with Gasteiger partial charge in [0.15, 0.2) is 0 Å². The number of fused-ring (bicyclic) bond motifs is 1. The highest BCUT2D eigenvalue weighted by molar-refractivity contribution is 6.37. The van der Waals surface area contributed by atoms with E-state index in [1.54, 1.807) is 0 Å². The van der Waals surface area contributed by atoms with Crippen molar-refractivity contribution in [2.45, 2.75) is 20.3 Å². The first-order chi connectivity index (χ1) is 8.90. The van der Waals surface area contributed by atoms with Crippen LogP contribution in [0.15, 0.2) is 18.2 Å². The Morgan fingerprint density at radius 2 is 2.16 bits per heavy atom. The van der Waals surface area contributed by atoms with Gasteiger partial charge in [-0.1, -0.05) is 25.4 Å². The largest absolute Gasteiger partial charge is 0.309 e. The summed E-state index contributed by atoms with van der Waals surface area (Å²) in [4.78, 5) is 14.8. The first-order valence-corrected chi connectivity index (χ1v) is 6.20. The topological polar surface area (TPSA) is 56.0 Å². The molecule has 0 spiro atoms. The average Bonchev–Trinajstić information content (AvgIpc) is 2.26. The van der Waals surface area contributed by atoms with E-state index in [1.807, 2.05) is 13.8 Å². The number of halogens is 2. The first kappa shape index (κ1) is 13.7. The van der Waals surface area contributed by atoms with Gasteiger partial charge < -0.3 is 0 Å². The molecule has 0 saturated carbocycles. The average molecular weight is 283 g/mol. The summed E-state index contributed by atoms with van der Waals surface area (Å²) >= 11 is 6.07. The predicted molar refractivity (Wildman–Crippen MR) is 71.9 cm³/mol. The molecule has 19 heavy (non-hydrogen) atoms. The summed E-state index contributed by atoms with van der Waals surface area (Å²) in [5.41, 5.74) is 0.448. The van der Waals surface area contributed by atoms with Crippen molar-refractivity contribution < 1.29 is 9.31 Å². The molecule has 0 aliphatic carbocycles. The van der Waals surface area contributed by atoms with E-state index < -0.39 is 10.7 Å². The first-order valence-electron chi connectivity index (χ1n) is 5.82. The standard InChI is InChI=1S/C13H12ClFN2O2/c1-7(2)5-11-13(17(18)19)12(14)9-4-3-8(15)6-10(9)16-11/h3-4,6-7H,5H2,1-2H3. The molecule has 1 aromatic carbocycles. The second-order valence-electron chi connectivity index (χ2n) is 4.74. The Kier molecular flexibility index (Phi) is 3.66. The number of pyridine rings is 1. The Morgan fingerprint density at radius 1 is 1.47 bits per heavy atom. The molecule has 1 heterocycles. The van der Waals surface area contributed by atoms with Crippen molar-refractivity contribution >= 4 is 28.2 Å². The number of hydrogen-bond acceptors (Lipinski definition) is 3. The highest BCUT2D eigenvalue weighted by Gasteiger charge is 2.24. The fraction of sp³-hybridized carbons (Fsp3) is 0.308. The van der Waals surface area contributed by atoms with Crippen molar-refractivity contribution in [2.24, 2.45) is 5.92 Å². The SMILES string of the molecule is CC(C)Cc1nc2cc(F)ccc2c(Cl)c1[N+](=O)[O-]. The minimum atomic E-state index is -0.532. The minimum Gasteiger partial charge on any atom is -0.258 e. The van der Waals surface area contributed by atoms with Crippen LogP contribution < -0.4 is 0 Å². The van der Waals surface area contributed by atoms with Gasteiger partial charge in [0.05, 0.1) is 10.4 Å². The maximum atomic E-state index is 13.2. The summed E-state index contributed by atoms with van der Waals surface area (Å²) in [6.45, 7) is 3.85. The van der Waals surface area contributed by atoms with Gasteiger partial charge in [-0.25, -0.2) is 9.37 Å². The number of nitrogens with zero attached hydrogens (tertiary/aromatic N) is 2. The Balaban J connectivity index is 2.77. The van der Waals surface area contributed by atoms with Crippen LogP contribution in [0.3, 0.4) is 0 Å². The fourth-order valence-electron chi connectivity index (χ4n) is 1.95. The van der Waals surface area contributed by atoms with Crippen LogP contribution in [0.4, 0.5) is 10.1 Å². The fourth-order valence-corrected chi connectivity index (χ4v) is 2.29. The van der Waals surface area contributed by atoms with Crippen molar-refractivity contribution in [1.29, 1.82) is 0 Å². The highest BCUT2D eigenvalue weighted by atomic mass is 35.5. The highest BCUT2D eigenvalue weighted by Crippen LogP contribution is 2.35. The van der Waals surface area contributed by atoms with Crippen LogP contribution in [0.2, 0.25) is 5.02 Å². The molecular weight excluding hydrogens is 271 g/mol. The van der Waals surface area contributed by atoms with Crippen LogP contribution in [0.5, 0.6) is 0 Å². The lowest BCUT2D eigenvalue weighted by Gasteiger charge is -2.09. The van der Waals surface area contributed by atoms with E-state index in [-0.39, 0.29) is 16.6 Å². The number of aromatic nitrogens is 1. The third-order valence-electron chi connectivity index (χ3n) is 2.72. The summed E-state index contributed by atoms with van der Waals surface area (Å²) in [6.07, 6.45) is 0.419. The predicted octanol–water partition coefficient (Wildman–Crippen LogP) is 4.13. The van der Waals surface area contributed by atoms with Crippen LogP contribution in [-0.4, -0.2) is 9.91 Å². The molecule has 0 saturated heterocycles. The maximum absolute atomic E-state index is 13.2. The molecule has 0 aliphatic rings. The second-order valence-corrected chi connectivity index (χ2v) is 5.12. The van der Waals surface area contributed by atoms with Gasteiger partial charge >= 0.3 is 5.69 Å². The van der Waals surface area contributed by atoms with E-state index in [4.69, 9.17) is 11.6 Å². The lowest BCUT2D eigenvalue weighted by molar-refractivity contribution is -0.385. The normalized spacial score (nSPS) is 11.2. The summed E-state index contributed by atoms with van der Waals surface area (Å²) in [6, 6.07) is 3.85. The van der Waals surface area contributed by atoms with Crippen molar-refractivity contribution in [3.63, 3.8) is 0 Å². The third kappa shape index (κ3) is 2.66. The molecule has 1 aromatic heterocycles. The van der Waals surface area contributed by atoms with Crippen LogP contribution >= 0.6 is 11.6 Å². The Labute approximate surface area is 114 Å². The van der Waals surface area contributed by atoms with E-state index in [1.165, 1.54) is 18.2 Å². The number of benzene rings is 1. The molecule has 2 rings (SSSR count). The maximum Gasteiger partial charge on any atom is 0.309 e. The summed E-state index contributed by atoms with van der Waals surface area (Å²) in [7, 11) is 0. The van der Waals surface area contributed by atoms with Crippen LogP contribution in [0.25, 0.3) is 10.9 Å². The molecule has 100 valence electrons. The Morgan fingerprint density at radius 3 is 2.74 bits per heavy atom. The molecule has 0 aliphatic heterocycles. The number of hydrogen-bond donors (Lipinski definition) is 0. The van der Waals surface area contributed by atoms with Gasteiger partial charge in [-0.15, -0.1) is 0 Å². The molecule has 2 aromatic rings. The molecule has 4 nitrogen and oxygen atoms in total. The third-order valence-corrected chi connectivity index (χ3v) is 3.10. The van der Waals surface area contributed by atoms with Crippen molar-refractivity contribution in [2.75, 3.05) is 0 Å². The number of nitro groups is 1. The second kappa shape index (κ2) is 5.09. The molecule has 0 fully saturated rings. The van der Waals surface area contributed by atoms with Crippen molar-refractivity contribution in [3.05, 3.63) is 44.8 Å². The smallest absolute Gasteiger partial charge is 0.258 e. The quantitative estimate of drug-likeness (QED) is 0.628. The van der Waals surface area contributed by atoms with Gasteiger partial charge in [-0.3, -0.25) is 10.1 Å². The van der Waals surface area contributed by atoms with E-state index in [2.05, 4.69) is 4.98 Å². The van der Waals surface area contributed by atoms with Gasteiger partial charge in [0, 0.05) is 11.5 Å². The van der Waals surface area contributed by atoms with Gasteiger partial charge in [0.25, 0.3) is 0 Å². The van der Waals surface area contributed by atoms with Crippen LogP contribution in [0.1, 0.15) is 19.5 Å². The summed E-state index contributed by atoms with van der Waals surface area (Å²) in [5.74, 6) is -0.256. The van der Waals surface area contributed by atoms with Crippen molar-refractivity contribution in [3.8, 4) is 0 Å². The Hall–Kier alpha value is -1.75. The molecule has 0 N–H and O–H groups in total. The lowest BCUT2D eigenvalue weighted by atomic mass is 10.0. The molecule has 0 atom stereocenters. The van der Waals surface area contributed by atoms with Crippen LogP contribution in [0, 0.1) is 21.8 Å². The molecule has 0 amide bonds. The monoisotopic (exact) mass is 282 g/mol. The molecule has 0 bridgehead atoms. The van der Waals surface area contributed by atoms with E-state index >= 15 is 0 Å². The van der Waals surface area contributed by atoms with E-state index in [0.717, 1.165) is 0 Å². The van der Waals surface area contributed by atoms with Gasteiger partial charge in [0.1, 0.15) is 16.5 Å². The van der Waals surface area contributed by atoms with Gasteiger partial charge in [-0.05, 0) is 24.5 Å². The lowest BCUT2D eigenvalue weighted by Crippen LogP contribution is -2.04. The van der Waals surface area contributed by atoms with Gasteiger partial charge in [0.2, 0.25) is 0 Å². The van der Waals surface area contributed by atoms with E-state index in [9.17, 15) is 14.5 Å². The molecule has 0 unspecified atom stereocenters. The Bertz CT molecular complexity index is 659. The zero-order valence-electron chi connectivity index (χ0n) is 10.5. The zero-order valence-corrected chi connectivity index (χ0v) is 11.2. The number of rotatable bonds is 3. The summed E-state index contributed by atoms with van der Waals surface area (Å²) in [5, 5.41) is 11.6. The van der Waals surface area contributed by atoms with Crippen LogP contribution in [-0.2, 0) is 6.42 Å². The molecular formula is C13H12ClFN2O2. The van der Waals surface area contributed by atoms with Gasteiger partial charge in [-0.2, -0.15) is 0 Å². The minimum absolute atomic E-state index is 0.0191. The zero-order chi connectivity index (χ0) is 14.2. The van der Waals surface area contributed by atoms with Crippen molar-refractivity contribution in [1.82, 2.24) is 4.98 Å². The summed E-state index contributed by atoms with van der Waals surface area (Å²) < 4.78 is 13.2. The molecule has 0 radical (unpaired) electrons. The van der Waals surface area contributed by atoms with E-state index in [0.29, 0.717) is 23.0 Å². The molecule has 6 heteroatoms.